The number of nitrogens with one attached hydrogen (secondary N) is 1. The zero-order chi connectivity index (χ0) is 28.3. The number of rotatable bonds is 24. The molecule has 0 radical (unpaired) electrons. The van der Waals surface area contributed by atoms with Gasteiger partial charge in [0.25, 0.3) is 5.91 Å². The Bertz CT molecular complexity index is 682. The molecule has 1 N–H and O–H groups in total. The highest BCUT2D eigenvalue weighted by Gasteiger charge is 2.15. The summed E-state index contributed by atoms with van der Waals surface area (Å²) in [5.41, 5.74) is -0.494. The maximum absolute atomic E-state index is 11.7. The SMILES string of the molecule is CCCOCCOCCOCCCC(=O)C#CC(=O)NCCOCCOCCOCCC(=O)OC(C)(C)C. The number of carbonyl (C=O) groups is 3. The molecular formula is C27H47NO10. The van der Waals surface area contributed by atoms with Gasteiger partial charge < -0.3 is 38.5 Å². The zero-order valence-corrected chi connectivity index (χ0v) is 23.6. The summed E-state index contributed by atoms with van der Waals surface area (Å²) in [6.45, 7) is 13.1. The minimum Gasteiger partial charge on any atom is -0.460 e. The molecular weight excluding hydrogens is 498 g/mol. The lowest BCUT2D eigenvalue weighted by Crippen LogP contribution is -2.26. The third-order valence-corrected chi connectivity index (χ3v) is 4.25. The van der Waals surface area contributed by atoms with Crippen molar-refractivity contribution in [1.29, 1.82) is 0 Å². The molecule has 0 aliphatic carbocycles. The molecule has 11 heteroatoms. The van der Waals surface area contributed by atoms with Gasteiger partial charge in [-0.2, -0.15) is 0 Å². The number of esters is 1. The first-order chi connectivity index (χ1) is 18.2. The third kappa shape index (κ3) is 28.5. The van der Waals surface area contributed by atoms with Crippen LogP contribution in [0.4, 0.5) is 0 Å². The van der Waals surface area contributed by atoms with Gasteiger partial charge in [-0.25, -0.2) is 0 Å². The van der Waals surface area contributed by atoms with Crippen molar-refractivity contribution >= 4 is 17.7 Å². The lowest BCUT2D eigenvalue weighted by molar-refractivity contribution is -0.156. The van der Waals surface area contributed by atoms with E-state index in [4.69, 9.17) is 33.2 Å². The fraction of sp³-hybridized carbons (Fsp3) is 0.815. The summed E-state index contributed by atoms with van der Waals surface area (Å²) in [7, 11) is 0. The van der Waals surface area contributed by atoms with Crippen molar-refractivity contribution in [2.24, 2.45) is 0 Å². The van der Waals surface area contributed by atoms with Crippen LogP contribution in [0, 0.1) is 11.8 Å². The van der Waals surface area contributed by atoms with Gasteiger partial charge >= 0.3 is 5.97 Å². The third-order valence-electron chi connectivity index (χ3n) is 4.25. The van der Waals surface area contributed by atoms with Gasteiger partial charge in [0.2, 0.25) is 5.78 Å². The van der Waals surface area contributed by atoms with Gasteiger partial charge in [-0.1, -0.05) is 6.92 Å². The van der Waals surface area contributed by atoms with Crippen LogP contribution in [0.25, 0.3) is 0 Å². The highest BCUT2D eigenvalue weighted by molar-refractivity contribution is 6.03. The van der Waals surface area contributed by atoms with Crippen molar-refractivity contribution in [3.8, 4) is 11.8 Å². The van der Waals surface area contributed by atoms with Gasteiger partial charge in [-0.05, 0) is 39.5 Å². The lowest BCUT2D eigenvalue weighted by Gasteiger charge is -2.19. The Hall–Kier alpha value is -2.07. The number of carbonyl (C=O) groups excluding carboxylic acids is 3. The van der Waals surface area contributed by atoms with E-state index in [0.717, 1.165) is 13.0 Å². The second-order valence-corrected chi connectivity index (χ2v) is 9.04. The van der Waals surface area contributed by atoms with Crippen LogP contribution in [0.1, 0.15) is 53.4 Å². The molecule has 0 saturated heterocycles. The highest BCUT2D eigenvalue weighted by atomic mass is 16.6. The van der Waals surface area contributed by atoms with Crippen LogP contribution in [-0.4, -0.2) is 109 Å². The quantitative estimate of drug-likeness (QED) is 0.0828. The number of amides is 1. The molecule has 0 aromatic heterocycles. The molecule has 11 nitrogen and oxygen atoms in total. The number of Topliss-reactive ketones (excluding diaryl/α,β-unsaturated/α-hetero) is 1. The maximum atomic E-state index is 11.7. The summed E-state index contributed by atoms with van der Waals surface area (Å²) in [6, 6.07) is 0. The Morgan fingerprint density at radius 3 is 1.68 bits per heavy atom. The minimum absolute atomic E-state index is 0.201. The van der Waals surface area contributed by atoms with E-state index in [1.54, 1.807) is 0 Å². The van der Waals surface area contributed by atoms with E-state index in [2.05, 4.69) is 24.1 Å². The van der Waals surface area contributed by atoms with E-state index in [9.17, 15) is 14.4 Å². The topological polar surface area (TPSA) is 128 Å². The van der Waals surface area contributed by atoms with Gasteiger partial charge in [0.1, 0.15) is 5.60 Å². The molecule has 0 spiro atoms. The number of ether oxygens (including phenoxy) is 7. The Morgan fingerprint density at radius 2 is 1.13 bits per heavy atom. The summed E-state index contributed by atoms with van der Waals surface area (Å²) < 4.78 is 37.3. The molecule has 0 fully saturated rings. The van der Waals surface area contributed by atoms with Crippen molar-refractivity contribution in [2.75, 3.05) is 85.8 Å². The number of ketones is 1. The molecule has 0 saturated carbocycles. The molecule has 1 amide bonds. The fourth-order valence-corrected chi connectivity index (χ4v) is 2.58. The van der Waals surface area contributed by atoms with E-state index >= 15 is 0 Å². The molecule has 0 aromatic carbocycles. The van der Waals surface area contributed by atoms with Crippen LogP contribution >= 0.6 is 0 Å². The summed E-state index contributed by atoms with van der Waals surface area (Å²) in [5, 5.41) is 2.56. The summed E-state index contributed by atoms with van der Waals surface area (Å²) >= 11 is 0. The Kier molecular flexibility index (Phi) is 23.8. The molecule has 0 bridgehead atoms. The molecule has 0 rings (SSSR count). The Morgan fingerprint density at radius 1 is 0.632 bits per heavy atom. The minimum atomic E-state index is -0.530. The predicted octanol–water partition coefficient (Wildman–Crippen LogP) is 1.70. The molecule has 220 valence electrons. The summed E-state index contributed by atoms with van der Waals surface area (Å²) in [6.07, 6.45) is 1.95. The van der Waals surface area contributed by atoms with Crippen LogP contribution in [0.15, 0.2) is 0 Å². The second-order valence-electron chi connectivity index (χ2n) is 9.04. The average molecular weight is 546 g/mol. The standard InChI is InChI=1S/C27H47NO10/c1-5-12-32-16-20-36-21-17-33-13-6-7-24(29)8-9-25(30)28-11-15-35-19-23-37-22-18-34-14-10-26(31)38-27(2,3)4/h5-7,10-23H2,1-4H3,(H,28,30). The molecule has 38 heavy (non-hydrogen) atoms. The molecule has 0 unspecified atom stereocenters. The van der Waals surface area contributed by atoms with Crippen molar-refractivity contribution in [3.05, 3.63) is 0 Å². The second kappa shape index (κ2) is 25.2. The average Bonchev–Trinajstić information content (AvgIpc) is 2.85. The molecule has 0 aromatic rings. The van der Waals surface area contributed by atoms with E-state index in [1.165, 1.54) is 0 Å². The predicted molar refractivity (Wildman–Crippen MR) is 141 cm³/mol. The van der Waals surface area contributed by atoms with Crippen LogP contribution in [0.2, 0.25) is 0 Å². The van der Waals surface area contributed by atoms with Gasteiger partial charge in [0, 0.05) is 32.1 Å². The first-order valence-corrected chi connectivity index (χ1v) is 13.3. The Balaban J connectivity index is 3.47. The van der Waals surface area contributed by atoms with Crippen molar-refractivity contribution < 1.29 is 47.5 Å². The first kappa shape index (κ1) is 35.9. The maximum Gasteiger partial charge on any atom is 0.308 e. The largest absolute Gasteiger partial charge is 0.460 e. The van der Waals surface area contributed by atoms with Crippen molar-refractivity contribution in [3.63, 3.8) is 0 Å². The first-order valence-electron chi connectivity index (χ1n) is 13.3. The van der Waals surface area contributed by atoms with Crippen LogP contribution in [0.5, 0.6) is 0 Å². The van der Waals surface area contributed by atoms with Crippen LogP contribution in [0.3, 0.4) is 0 Å². The van der Waals surface area contributed by atoms with Crippen molar-refractivity contribution in [2.45, 2.75) is 59.0 Å². The van der Waals surface area contributed by atoms with Crippen LogP contribution < -0.4 is 5.32 Å². The van der Waals surface area contributed by atoms with E-state index < -0.39 is 11.5 Å². The van der Waals surface area contributed by atoms with Gasteiger partial charge in [0.15, 0.2) is 0 Å². The van der Waals surface area contributed by atoms with Gasteiger partial charge in [0.05, 0.1) is 72.5 Å². The van der Waals surface area contributed by atoms with Crippen LogP contribution in [-0.2, 0) is 47.5 Å². The van der Waals surface area contributed by atoms with Gasteiger partial charge in [-0.3, -0.25) is 14.4 Å². The van der Waals surface area contributed by atoms with E-state index in [1.807, 2.05) is 20.8 Å². The zero-order valence-electron chi connectivity index (χ0n) is 23.6. The summed E-state index contributed by atoms with van der Waals surface area (Å²) in [5.74, 6) is 3.48. The lowest BCUT2D eigenvalue weighted by atomic mass is 10.2. The number of hydrogen-bond donors (Lipinski definition) is 1. The molecule has 0 atom stereocenters. The van der Waals surface area contributed by atoms with Gasteiger partial charge in [-0.15, -0.1) is 0 Å². The van der Waals surface area contributed by atoms with Crippen molar-refractivity contribution in [1.82, 2.24) is 5.32 Å². The highest BCUT2D eigenvalue weighted by Crippen LogP contribution is 2.08. The molecule has 0 heterocycles. The summed E-state index contributed by atoms with van der Waals surface area (Å²) in [4.78, 5) is 34.9. The number of hydrogen-bond acceptors (Lipinski definition) is 10. The smallest absolute Gasteiger partial charge is 0.308 e. The fourth-order valence-electron chi connectivity index (χ4n) is 2.58. The van der Waals surface area contributed by atoms with E-state index in [-0.39, 0.29) is 37.7 Å². The normalized spacial score (nSPS) is 11.1. The monoisotopic (exact) mass is 545 g/mol. The molecule has 0 aliphatic heterocycles. The Labute approximate surface area is 227 Å². The molecule has 0 aliphatic rings. The van der Waals surface area contributed by atoms with E-state index in [0.29, 0.717) is 72.5 Å².